The van der Waals surface area contributed by atoms with Gasteiger partial charge in [-0.05, 0) is 26.3 Å². The van der Waals surface area contributed by atoms with Crippen molar-refractivity contribution in [3.8, 4) is 0 Å². The van der Waals surface area contributed by atoms with E-state index in [-0.39, 0.29) is 6.42 Å². The van der Waals surface area contributed by atoms with Crippen LogP contribution in [-0.2, 0) is 6.42 Å². The first-order valence-electron chi connectivity index (χ1n) is 7.79. The zero-order valence-electron chi connectivity index (χ0n) is 14.1. The van der Waals surface area contributed by atoms with Crippen molar-refractivity contribution in [3.05, 3.63) is 52.9 Å². The summed E-state index contributed by atoms with van der Waals surface area (Å²) < 4.78 is 44.7. The molecule has 0 spiro atoms. The molecule has 0 unspecified atom stereocenters. The maximum Gasteiger partial charge on any atom is 0.408 e. The highest BCUT2D eigenvalue weighted by Gasteiger charge is 2.40. The molecule has 1 aromatic carbocycles. The smallest absolute Gasteiger partial charge is 0.361 e. The normalized spacial score (nSPS) is 14.0. The van der Waals surface area contributed by atoms with Gasteiger partial charge in [-0.3, -0.25) is 0 Å². The zero-order chi connectivity index (χ0) is 18.6. The number of amides is 2. The van der Waals surface area contributed by atoms with E-state index in [0.717, 1.165) is 0 Å². The number of urea groups is 1. The van der Waals surface area contributed by atoms with Crippen LogP contribution < -0.4 is 10.6 Å². The van der Waals surface area contributed by atoms with Gasteiger partial charge in [-0.1, -0.05) is 35.5 Å². The average molecular weight is 355 g/mol. The van der Waals surface area contributed by atoms with Crippen molar-refractivity contribution in [2.75, 3.05) is 0 Å². The number of hydrogen-bond donors (Lipinski definition) is 2. The van der Waals surface area contributed by atoms with Crippen LogP contribution in [0, 0.1) is 13.8 Å². The molecule has 2 amide bonds. The number of rotatable bonds is 5. The Labute approximate surface area is 143 Å². The molecular weight excluding hydrogens is 335 g/mol. The van der Waals surface area contributed by atoms with E-state index in [1.165, 1.54) is 0 Å². The Hall–Kier alpha value is -2.51. The molecule has 2 aromatic rings. The highest BCUT2D eigenvalue weighted by Crippen LogP contribution is 2.24. The third-order valence-electron chi connectivity index (χ3n) is 3.85. The quantitative estimate of drug-likeness (QED) is 0.857. The first-order chi connectivity index (χ1) is 11.7. The number of nitrogens with zero attached hydrogens (tertiary/aromatic N) is 1. The van der Waals surface area contributed by atoms with E-state index in [1.807, 2.05) is 5.32 Å². The largest absolute Gasteiger partial charge is 0.408 e. The average Bonchev–Trinajstić information content (AvgIpc) is 2.85. The van der Waals surface area contributed by atoms with E-state index < -0.39 is 24.3 Å². The van der Waals surface area contributed by atoms with Gasteiger partial charge in [0.1, 0.15) is 11.8 Å². The molecule has 0 saturated heterocycles. The summed E-state index contributed by atoms with van der Waals surface area (Å²) in [6.07, 6.45) is -4.89. The van der Waals surface area contributed by atoms with Gasteiger partial charge < -0.3 is 15.2 Å². The minimum absolute atomic E-state index is 0.336. The van der Waals surface area contributed by atoms with Crippen molar-refractivity contribution >= 4 is 6.03 Å². The molecule has 8 heteroatoms. The van der Waals surface area contributed by atoms with E-state index in [0.29, 0.717) is 22.6 Å². The molecule has 0 aliphatic heterocycles. The second-order valence-electron chi connectivity index (χ2n) is 5.86. The lowest BCUT2D eigenvalue weighted by Crippen LogP contribution is -2.50. The Balaban J connectivity index is 2.04. The predicted octanol–water partition coefficient (Wildman–Crippen LogP) is 3.83. The second kappa shape index (κ2) is 7.58. The molecule has 0 saturated carbocycles. The fourth-order valence-electron chi connectivity index (χ4n) is 2.68. The lowest BCUT2D eigenvalue weighted by Gasteiger charge is -2.23. The monoisotopic (exact) mass is 355 g/mol. The Morgan fingerprint density at radius 2 is 1.84 bits per heavy atom. The Morgan fingerprint density at radius 1 is 1.20 bits per heavy atom. The van der Waals surface area contributed by atoms with Gasteiger partial charge in [0.15, 0.2) is 0 Å². The van der Waals surface area contributed by atoms with Crippen LogP contribution in [0.5, 0.6) is 0 Å². The van der Waals surface area contributed by atoms with E-state index in [4.69, 9.17) is 4.52 Å². The van der Waals surface area contributed by atoms with Gasteiger partial charge in [-0.15, -0.1) is 0 Å². The van der Waals surface area contributed by atoms with Crippen LogP contribution in [0.15, 0.2) is 34.9 Å². The van der Waals surface area contributed by atoms with Crippen molar-refractivity contribution in [1.29, 1.82) is 0 Å². The minimum Gasteiger partial charge on any atom is -0.361 e. The lowest BCUT2D eigenvalue weighted by atomic mass is 10.1. The summed E-state index contributed by atoms with van der Waals surface area (Å²) in [5, 5.41) is 8.29. The van der Waals surface area contributed by atoms with Gasteiger partial charge >= 0.3 is 12.2 Å². The number of carbonyl (C=O) groups is 1. The number of carbonyl (C=O) groups excluding carboxylic acids is 1. The number of benzene rings is 1. The molecule has 0 radical (unpaired) electrons. The van der Waals surface area contributed by atoms with Crippen LogP contribution >= 0.6 is 0 Å². The summed E-state index contributed by atoms with van der Waals surface area (Å²) in [6, 6.07) is 4.80. The van der Waals surface area contributed by atoms with Gasteiger partial charge in [0.25, 0.3) is 0 Å². The SMILES string of the molecule is Cc1noc(C)c1[C@H](C)NC(=O)N[C@@H](Cc1ccccc1)C(F)(F)F. The number of hydrogen-bond acceptors (Lipinski definition) is 3. The van der Waals surface area contributed by atoms with E-state index in [2.05, 4.69) is 10.5 Å². The first-order valence-corrected chi connectivity index (χ1v) is 7.79. The molecule has 2 N–H and O–H groups in total. The summed E-state index contributed by atoms with van der Waals surface area (Å²) in [5.74, 6) is 0.516. The molecule has 2 rings (SSSR count). The standard InChI is InChI=1S/C17H20F3N3O2/c1-10(15-11(2)23-25-12(15)3)21-16(24)22-14(17(18,19)20)9-13-7-5-4-6-8-13/h4-8,10,14H,9H2,1-3H3,(H2,21,22,24)/t10-,14-/m0/s1. The minimum atomic E-state index is -4.56. The maximum atomic E-state index is 13.2. The Bertz CT molecular complexity index is 694. The van der Waals surface area contributed by atoms with E-state index in [9.17, 15) is 18.0 Å². The molecule has 5 nitrogen and oxygen atoms in total. The molecule has 0 bridgehead atoms. The molecule has 2 atom stereocenters. The van der Waals surface area contributed by atoms with Crippen LogP contribution in [-0.4, -0.2) is 23.4 Å². The van der Waals surface area contributed by atoms with Crippen LogP contribution in [0.2, 0.25) is 0 Å². The summed E-state index contributed by atoms with van der Waals surface area (Å²) in [7, 11) is 0. The second-order valence-corrected chi connectivity index (χ2v) is 5.86. The Kier molecular flexibility index (Phi) is 5.71. The van der Waals surface area contributed by atoms with Crippen LogP contribution in [0.4, 0.5) is 18.0 Å². The molecule has 0 aliphatic carbocycles. The predicted molar refractivity (Wildman–Crippen MR) is 86.0 cm³/mol. The summed E-state index contributed by atoms with van der Waals surface area (Å²) in [6.45, 7) is 5.04. The molecule has 136 valence electrons. The van der Waals surface area contributed by atoms with Crippen molar-refractivity contribution in [3.63, 3.8) is 0 Å². The number of aryl methyl sites for hydroxylation is 2. The number of nitrogens with one attached hydrogen (secondary N) is 2. The van der Waals surface area contributed by atoms with E-state index in [1.54, 1.807) is 51.1 Å². The zero-order valence-corrected chi connectivity index (χ0v) is 14.1. The van der Waals surface area contributed by atoms with Gasteiger partial charge in [0.2, 0.25) is 0 Å². The van der Waals surface area contributed by atoms with Crippen LogP contribution in [0.25, 0.3) is 0 Å². The lowest BCUT2D eigenvalue weighted by molar-refractivity contribution is -0.152. The fourth-order valence-corrected chi connectivity index (χ4v) is 2.68. The fraction of sp³-hybridized carbons (Fsp3) is 0.412. The maximum absolute atomic E-state index is 13.2. The molecule has 1 aromatic heterocycles. The summed E-state index contributed by atoms with van der Waals surface area (Å²) >= 11 is 0. The van der Waals surface area contributed by atoms with E-state index >= 15 is 0 Å². The van der Waals surface area contributed by atoms with Gasteiger partial charge in [-0.25, -0.2) is 4.79 Å². The van der Waals surface area contributed by atoms with Crippen molar-refractivity contribution < 1.29 is 22.5 Å². The number of aromatic nitrogens is 1. The van der Waals surface area contributed by atoms with Crippen molar-refractivity contribution in [1.82, 2.24) is 15.8 Å². The molecule has 1 heterocycles. The topological polar surface area (TPSA) is 67.2 Å². The highest BCUT2D eigenvalue weighted by molar-refractivity contribution is 5.75. The van der Waals surface area contributed by atoms with Gasteiger partial charge in [-0.2, -0.15) is 13.2 Å². The van der Waals surface area contributed by atoms with Crippen LogP contribution in [0.3, 0.4) is 0 Å². The van der Waals surface area contributed by atoms with Gasteiger partial charge in [0.05, 0.1) is 11.7 Å². The third-order valence-corrected chi connectivity index (χ3v) is 3.85. The molecule has 0 fully saturated rings. The summed E-state index contributed by atoms with van der Waals surface area (Å²) in [4.78, 5) is 12.0. The highest BCUT2D eigenvalue weighted by atomic mass is 19.4. The van der Waals surface area contributed by atoms with Crippen LogP contribution in [0.1, 0.15) is 35.5 Å². The molecule has 0 aliphatic rings. The number of halogens is 3. The third kappa shape index (κ3) is 4.98. The van der Waals surface area contributed by atoms with Gasteiger partial charge in [0, 0.05) is 12.0 Å². The van der Waals surface area contributed by atoms with Crippen molar-refractivity contribution in [2.24, 2.45) is 0 Å². The van der Waals surface area contributed by atoms with Crippen molar-refractivity contribution in [2.45, 2.75) is 45.5 Å². The molecular formula is C17H20F3N3O2. The number of alkyl halides is 3. The summed E-state index contributed by atoms with van der Waals surface area (Å²) in [5.41, 5.74) is 1.73. The Morgan fingerprint density at radius 3 is 2.36 bits per heavy atom. The molecule has 25 heavy (non-hydrogen) atoms. The first kappa shape index (κ1) is 18.8.